The van der Waals surface area contributed by atoms with Crippen LogP contribution in [0.4, 0.5) is 0 Å². The van der Waals surface area contributed by atoms with Crippen LogP contribution in [0.15, 0.2) is 45.6 Å². The van der Waals surface area contributed by atoms with E-state index in [2.05, 4.69) is 0 Å². The molecule has 2 aromatic rings. The summed E-state index contributed by atoms with van der Waals surface area (Å²) in [5.41, 5.74) is 11.5. The predicted molar refractivity (Wildman–Crippen MR) is 99.5 cm³/mol. The first-order valence-electron chi connectivity index (χ1n) is 9.81. The highest BCUT2D eigenvalue weighted by Gasteiger charge is 2.50. The second kappa shape index (κ2) is 9.21. The minimum Gasteiger partial charge on any atom is -0.467 e. The summed E-state index contributed by atoms with van der Waals surface area (Å²) >= 11 is 0. The van der Waals surface area contributed by atoms with Crippen molar-refractivity contribution >= 4 is 0 Å². The molecule has 8 heteroatoms. The Morgan fingerprint density at radius 2 is 1.29 bits per heavy atom. The number of ether oxygens (including phenoxy) is 4. The fourth-order valence-corrected chi connectivity index (χ4v) is 3.89. The van der Waals surface area contributed by atoms with Crippen LogP contribution in [0.3, 0.4) is 0 Å². The molecule has 2 fully saturated rings. The van der Waals surface area contributed by atoms with E-state index < -0.39 is 0 Å². The summed E-state index contributed by atoms with van der Waals surface area (Å²) in [4.78, 5) is 0. The van der Waals surface area contributed by atoms with Gasteiger partial charge in [-0.05, 0) is 50.2 Å². The molecule has 2 aliphatic rings. The van der Waals surface area contributed by atoms with Crippen LogP contribution in [-0.2, 0) is 18.9 Å². The lowest BCUT2D eigenvalue weighted by molar-refractivity contribution is -0.0955. The van der Waals surface area contributed by atoms with Crippen molar-refractivity contribution in [2.24, 2.45) is 11.5 Å². The maximum Gasteiger partial charge on any atom is 0.132 e. The Kier molecular flexibility index (Phi) is 6.46. The molecule has 0 radical (unpaired) electrons. The van der Waals surface area contributed by atoms with Gasteiger partial charge in [-0.25, -0.2) is 0 Å². The second-order valence-corrected chi connectivity index (χ2v) is 7.11. The summed E-state index contributed by atoms with van der Waals surface area (Å²) in [6.07, 6.45) is 3.40. The minimum absolute atomic E-state index is 0.185. The van der Waals surface area contributed by atoms with Gasteiger partial charge in [0.2, 0.25) is 0 Å². The third-order valence-electron chi connectivity index (χ3n) is 5.22. The SMILES string of the molecule is NCCC(O[C@H]1COC2C1OC[C@H]2OC(CCN)c1ccco1)c1ccco1. The minimum atomic E-state index is -0.218. The van der Waals surface area contributed by atoms with E-state index in [9.17, 15) is 0 Å². The molecule has 28 heavy (non-hydrogen) atoms. The molecule has 0 spiro atoms. The maximum atomic E-state index is 6.27. The highest BCUT2D eigenvalue weighted by atomic mass is 16.6. The van der Waals surface area contributed by atoms with E-state index in [4.69, 9.17) is 39.2 Å². The first-order chi connectivity index (χ1) is 13.8. The fraction of sp³-hybridized carbons (Fsp3) is 0.600. The van der Waals surface area contributed by atoms with Crippen LogP contribution in [-0.4, -0.2) is 50.7 Å². The topological polar surface area (TPSA) is 115 Å². The van der Waals surface area contributed by atoms with Crippen LogP contribution in [0, 0.1) is 0 Å². The van der Waals surface area contributed by atoms with Gasteiger partial charge in [-0.2, -0.15) is 0 Å². The zero-order chi connectivity index (χ0) is 19.3. The van der Waals surface area contributed by atoms with Gasteiger partial charge >= 0.3 is 0 Å². The zero-order valence-corrected chi connectivity index (χ0v) is 15.8. The third kappa shape index (κ3) is 4.17. The Bertz CT molecular complexity index is 631. The van der Waals surface area contributed by atoms with E-state index in [0.29, 0.717) is 39.1 Å². The van der Waals surface area contributed by atoms with Crippen LogP contribution in [0.25, 0.3) is 0 Å². The average molecular weight is 392 g/mol. The van der Waals surface area contributed by atoms with Crippen molar-refractivity contribution in [1.29, 1.82) is 0 Å². The molecule has 8 nitrogen and oxygen atoms in total. The molecule has 0 amide bonds. The van der Waals surface area contributed by atoms with Crippen molar-refractivity contribution in [3.8, 4) is 0 Å². The molecule has 0 saturated carbocycles. The quantitative estimate of drug-likeness (QED) is 0.630. The number of furan rings is 2. The Morgan fingerprint density at radius 1 is 0.821 bits per heavy atom. The normalized spacial score (nSPS) is 29.1. The van der Waals surface area contributed by atoms with Gasteiger partial charge in [-0.1, -0.05) is 0 Å². The largest absolute Gasteiger partial charge is 0.467 e. The van der Waals surface area contributed by atoms with Gasteiger partial charge in [0.15, 0.2) is 0 Å². The van der Waals surface area contributed by atoms with Crippen LogP contribution in [0.1, 0.15) is 36.6 Å². The number of rotatable bonds is 10. The summed E-state index contributed by atoms with van der Waals surface area (Å²) in [5, 5.41) is 0. The second-order valence-electron chi connectivity index (χ2n) is 7.11. The van der Waals surface area contributed by atoms with Gasteiger partial charge < -0.3 is 39.2 Å². The molecule has 4 rings (SSSR count). The summed E-state index contributed by atoms with van der Waals surface area (Å²) < 4.78 is 35.5. The average Bonchev–Trinajstić information content (AvgIpc) is 3.48. The number of hydrogen-bond acceptors (Lipinski definition) is 8. The fourth-order valence-electron chi connectivity index (χ4n) is 3.89. The Morgan fingerprint density at radius 3 is 1.64 bits per heavy atom. The van der Waals surface area contributed by atoms with E-state index in [1.165, 1.54) is 0 Å². The van der Waals surface area contributed by atoms with E-state index >= 15 is 0 Å². The summed E-state index contributed by atoms with van der Waals surface area (Å²) in [5.74, 6) is 1.53. The number of hydrogen-bond donors (Lipinski definition) is 2. The predicted octanol–water partition coefficient (Wildman–Crippen LogP) is 1.92. The first kappa shape index (κ1) is 19.6. The summed E-state index contributed by atoms with van der Waals surface area (Å²) in [6, 6.07) is 7.49. The summed E-state index contributed by atoms with van der Waals surface area (Å²) in [7, 11) is 0. The van der Waals surface area contributed by atoms with Gasteiger partial charge in [0.1, 0.15) is 48.1 Å². The smallest absolute Gasteiger partial charge is 0.132 e. The molecule has 6 atom stereocenters. The van der Waals surface area contributed by atoms with Crippen LogP contribution in [0.5, 0.6) is 0 Å². The third-order valence-corrected chi connectivity index (χ3v) is 5.22. The van der Waals surface area contributed by atoms with Gasteiger partial charge in [0.05, 0.1) is 25.7 Å². The molecule has 4 N–H and O–H groups in total. The lowest BCUT2D eigenvalue weighted by atomic mass is 10.1. The first-order valence-corrected chi connectivity index (χ1v) is 9.81. The molecule has 4 heterocycles. The van der Waals surface area contributed by atoms with Crippen molar-refractivity contribution in [3.63, 3.8) is 0 Å². The van der Waals surface area contributed by atoms with Crippen LogP contribution in [0.2, 0.25) is 0 Å². The van der Waals surface area contributed by atoms with E-state index in [1.54, 1.807) is 12.5 Å². The molecule has 2 aliphatic heterocycles. The number of nitrogens with two attached hydrogens (primary N) is 2. The molecule has 0 bridgehead atoms. The van der Waals surface area contributed by atoms with Crippen molar-refractivity contribution in [3.05, 3.63) is 48.3 Å². The van der Waals surface area contributed by atoms with Gasteiger partial charge in [-0.15, -0.1) is 0 Å². The van der Waals surface area contributed by atoms with Crippen LogP contribution < -0.4 is 11.5 Å². The lowest BCUT2D eigenvalue weighted by Crippen LogP contribution is -2.35. The van der Waals surface area contributed by atoms with Gasteiger partial charge in [-0.3, -0.25) is 0 Å². The standard InChI is InChI=1S/C20H28N2O6/c21-7-5-15(13-3-1-9-23-13)27-17-11-25-20-18(12-26-19(17)20)28-16(6-8-22)14-4-2-10-24-14/h1-4,9-10,15-20H,5-8,11-12,21-22H2/t15?,16?,17-,18+,19?,20?. The Hall–Kier alpha value is -1.68. The van der Waals surface area contributed by atoms with Crippen LogP contribution >= 0.6 is 0 Å². The van der Waals surface area contributed by atoms with Gasteiger partial charge in [0.25, 0.3) is 0 Å². The molecule has 0 aliphatic carbocycles. The molecule has 154 valence electrons. The molecule has 0 aromatic carbocycles. The lowest BCUT2D eigenvalue weighted by Gasteiger charge is -2.23. The van der Waals surface area contributed by atoms with Crippen molar-refractivity contribution in [2.45, 2.75) is 49.5 Å². The molecular formula is C20H28N2O6. The molecule has 2 saturated heterocycles. The molecular weight excluding hydrogens is 364 g/mol. The van der Waals surface area contributed by atoms with Gasteiger partial charge in [0, 0.05) is 0 Å². The monoisotopic (exact) mass is 392 g/mol. The number of fused-ring (bicyclic) bond motifs is 1. The van der Waals surface area contributed by atoms with Crippen molar-refractivity contribution in [2.75, 3.05) is 26.3 Å². The van der Waals surface area contributed by atoms with Crippen molar-refractivity contribution < 1.29 is 27.8 Å². The van der Waals surface area contributed by atoms with E-state index in [-0.39, 0.29) is 36.6 Å². The van der Waals surface area contributed by atoms with E-state index in [0.717, 1.165) is 11.5 Å². The van der Waals surface area contributed by atoms with Crippen molar-refractivity contribution in [1.82, 2.24) is 0 Å². The highest BCUT2D eigenvalue weighted by Crippen LogP contribution is 2.36. The maximum absolute atomic E-state index is 6.27. The zero-order valence-electron chi connectivity index (χ0n) is 15.8. The molecule has 4 unspecified atom stereocenters. The Labute approximate surface area is 164 Å². The highest BCUT2D eigenvalue weighted by molar-refractivity contribution is 5.05. The Balaban J connectivity index is 1.38. The van der Waals surface area contributed by atoms with E-state index in [1.807, 2.05) is 24.3 Å². The molecule has 2 aromatic heterocycles. The summed E-state index contributed by atoms with van der Waals surface area (Å²) in [6.45, 7) is 1.89.